The lowest BCUT2D eigenvalue weighted by molar-refractivity contribution is 0.0954. The molecule has 3 aromatic carbocycles. The molecule has 0 spiro atoms. The van der Waals surface area contributed by atoms with E-state index in [9.17, 15) is 9.59 Å². The number of hydrogen-bond donors (Lipinski definition) is 2. The van der Waals surface area contributed by atoms with Gasteiger partial charge in [-0.1, -0.05) is 48.5 Å². The molecule has 0 fully saturated rings. The predicted octanol–water partition coefficient (Wildman–Crippen LogP) is 4.37. The van der Waals surface area contributed by atoms with E-state index in [1.54, 1.807) is 24.3 Å². The molecule has 0 saturated heterocycles. The van der Waals surface area contributed by atoms with Gasteiger partial charge in [-0.05, 0) is 53.2 Å². The van der Waals surface area contributed by atoms with Crippen LogP contribution >= 0.6 is 12.2 Å². The highest BCUT2D eigenvalue weighted by Crippen LogP contribution is 2.18. The Morgan fingerprint density at radius 2 is 1.90 bits per heavy atom. The van der Waals surface area contributed by atoms with Crippen LogP contribution in [-0.4, -0.2) is 22.0 Å². The van der Waals surface area contributed by atoms with Crippen molar-refractivity contribution in [2.45, 2.75) is 13.0 Å². The molecule has 0 unspecified atom stereocenters. The number of carbonyl (C=O) groups is 1. The third-order valence-corrected chi connectivity index (χ3v) is 5.44. The maximum atomic E-state index is 12.6. The van der Waals surface area contributed by atoms with Gasteiger partial charge in [0.2, 0.25) is 0 Å². The number of nitrogens with one attached hydrogen (secondary N) is 2. The number of carbonyl (C=O) groups excluding carboxylic acids is 1. The summed E-state index contributed by atoms with van der Waals surface area (Å²) < 4.78 is 1.75. The maximum Gasteiger partial charge on any atom is 0.262 e. The molecule has 1 amide bonds. The van der Waals surface area contributed by atoms with Gasteiger partial charge in [0.15, 0.2) is 4.77 Å². The predicted molar refractivity (Wildman–Crippen MR) is 124 cm³/mol. The van der Waals surface area contributed by atoms with E-state index in [4.69, 9.17) is 12.2 Å². The van der Waals surface area contributed by atoms with Crippen molar-refractivity contribution in [2.75, 3.05) is 6.54 Å². The number of allylic oxidation sites excluding steroid dienone is 1. The molecular formula is C24H21N3O2S. The van der Waals surface area contributed by atoms with Crippen molar-refractivity contribution in [2.24, 2.45) is 0 Å². The SMILES string of the molecule is C=CCn1c(=S)[nH]c2cc(C(=O)NCCc3cccc4ccccc34)ccc2c1=O. The molecule has 5 nitrogen and oxygen atoms in total. The Morgan fingerprint density at radius 1 is 1.10 bits per heavy atom. The van der Waals surface area contributed by atoms with E-state index in [1.807, 2.05) is 18.2 Å². The van der Waals surface area contributed by atoms with Gasteiger partial charge in [-0.15, -0.1) is 6.58 Å². The first-order valence-electron chi connectivity index (χ1n) is 9.71. The second-order valence-corrected chi connectivity index (χ2v) is 7.43. The standard InChI is InChI=1S/C24H21N3O2S/c1-2-14-27-23(29)20-11-10-18(15-21(20)26-24(27)30)22(28)25-13-12-17-8-5-7-16-6-3-4-9-19(16)17/h2-11,15H,1,12-14H2,(H,25,28)(H,26,30). The van der Waals surface area contributed by atoms with Crippen LogP contribution in [0.3, 0.4) is 0 Å². The number of benzene rings is 3. The van der Waals surface area contributed by atoms with Crippen molar-refractivity contribution in [3.8, 4) is 0 Å². The Kier molecular flexibility index (Phi) is 5.59. The van der Waals surface area contributed by atoms with Gasteiger partial charge in [0.05, 0.1) is 10.9 Å². The van der Waals surface area contributed by atoms with Crippen molar-refractivity contribution in [1.29, 1.82) is 0 Å². The highest BCUT2D eigenvalue weighted by atomic mass is 32.1. The van der Waals surface area contributed by atoms with E-state index in [0.717, 1.165) is 6.42 Å². The lowest BCUT2D eigenvalue weighted by atomic mass is 10.0. The summed E-state index contributed by atoms with van der Waals surface area (Å²) in [6.45, 7) is 4.50. The number of H-pyrrole nitrogens is 1. The smallest absolute Gasteiger partial charge is 0.262 e. The maximum absolute atomic E-state index is 12.6. The quantitative estimate of drug-likeness (QED) is 0.363. The highest BCUT2D eigenvalue weighted by molar-refractivity contribution is 7.71. The number of nitrogens with zero attached hydrogens (tertiary/aromatic N) is 1. The summed E-state index contributed by atoms with van der Waals surface area (Å²) in [6.07, 6.45) is 2.35. The van der Waals surface area contributed by atoms with Gasteiger partial charge in [0.25, 0.3) is 11.5 Å². The third kappa shape index (κ3) is 3.82. The summed E-state index contributed by atoms with van der Waals surface area (Å²) in [5.74, 6) is -0.188. The minimum absolute atomic E-state index is 0.188. The van der Waals surface area contributed by atoms with Gasteiger partial charge < -0.3 is 10.3 Å². The zero-order valence-corrected chi connectivity index (χ0v) is 17.2. The number of rotatable bonds is 6. The summed E-state index contributed by atoms with van der Waals surface area (Å²) in [5.41, 5.74) is 2.02. The Morgan fingerprint density at radius 3 is 2.73 bits per heavy atom. The van der Waals surface area contributed by atoms with Crippen LogP contribution in [0.2, 0.25) is 0 Å². The number of aromatic nitrogens is 2. The molecule has 1 aromatic heterocycles. The zero-order valence-electron chi connectivity index (χ0n) is 16.4. The van der Waals surface area contributed by atoms with Crippen LogP contribution in [-0.2, 0) is 13.0 Å². The molecule has 0 atom stereocenters. The van der Waals surface area contributed by atoms with Gasteiger partial charge >= 0.3 is 0 Å². The molecule has 6 heteroatoms. The summed E-state index contributed by atoms with van der Waals surface area (Å²) in [6, 6.07) is 19.4. The minimum atomic E-state index is -0.198. The molecule has 0 saturated carbocycles. The fraction of sp³-hybridized carbons (Fsp3) is 0.125. The minimum Gasteiger partial charge on any atom is -0.352 e. The molecule has 4 aromatic rings. The van der Waals surface area contributed by atoms with Crippen LogP contribution in [0.25, 0.3) is 21.7 Å². The molecule has 0 bridgehead atoms. The third-order valence-electron chi connectivity index (χ3n) is 5.12. The summed E-state index contributed by atoms with van der Waals surface area (Å²) >= 11 is 5.26. The number of aromatic amines is 1. The fourth-order valence-electron chi connectivity index (χ4n) is 3.61. The largest absolute Gasteiger partial charge is 0.352 e. The van der Waals surface area contributed by atoms with Crippen LogP contribution < -0.4 is 10.9 Å². The molecule has 1 heterocycles. The molecular weight excluding hydrogens is 394 g/mol. The second-order valence-electron chi connectivity index (χ2n) is 7.04. The van der Waals surface area contributed by atoms with Gasteiger partial charge in [0, 0.05) is 18.7 Å². The lowest BCUT2D eigenvalue weighted by Gasteiger charge is -2.09. The van der Waals surface area contributed by atoms with Gasteiger partial charge in [-0.2, -0.15) is 0 Å². The molecule has 0 radical (unpaired) electrons. The monoisotopic (exact) mass is 415 g/mol. The first-order chi connectivity index (χ1) is 14.6. The van der Waals surface area contributed by atoms with E-state index in [0.29, 0.717) is 34.3 Å². The van der Waals surface area contributed by atoms with Crippen molar-refractivity contribution in [1.82, 2.24) is 14.9 Å². The van der Waals surface area contributed by atoms with Crippen LogP contribution in [0, 0.1) is 4.77 Å². The molecule has 0 aliphatic carbocycles. The second kappa shape index (κ2) is 8.47. The normalized spacial score (nSPS) is 10.9. The Bertz CT molecular complexity index is 1380. The molecule has 30 heavy (non-hydrogen) atoms. The van der Waals surface area contributed by atoms with E-state index < -0.39 is 0 Å². The molecule has 2 N–H and O–H groups in total. The van der Waals surface area contributed by atoms with E-state index >= 15 is 0 Å². The molecule has 0 aliphatic heterocycles. The first kappa shape index (κ1) is 19.8. The summed E-state index contributed by atoms with van der Waals surface area (Å²) in [5, 5.41) is 5.83. The van der Waals surface area contributed by atoms with Gasteiger partial charge in [-0.3, -0.25) is 14.2 Å². The van der Waals surface area contributed by atoms with E-state index in [-0.39, 0.29) is 11.5 Å². The lowest BCUT2D eigenvalue weighted by Crippen LogP contribution is -2.26. The average Bonchev–Trinajstić information content (AvgIpc) is 2.76. The zero-order chi connectivity index (χ0) is 21.1. The number of amides is 1. The number of hydrogen-bond acceptors (Lipinski definition) is 3. The van der Waals surface area contributed by atoms with Gasteiger partial charge in [-0.25, -0.2) is 0 Å². The van der Waals surface area contributed by atoms with Crippen LogP contribution in [0.1, 0.15) is 15.9 Å². The van der Waals surface area contributed by atoms with Crippen LogP contribution in [0.15, 0.2) is 78.1 Å². The Labute approximate surface area is 178 Å². The van der Waals surface area contributed by atoms with Crippen molar-refractivity contribution in [3.63, 3.8) is 0 Å². The Balaban J connectivity index is 1.52. The van der Waals surface area contributed by atoms with E-state index in [2.05, 4.69) is 41.1 Å². The summed E-state index contributed by atoms with van der Waals surface area (Å²) in [7, 11) is 0. The van der Waals surface area contributed by atoms with Crippen LogP contribution in [0.4, 0.5) is 0 Å². The van der Waals surface area contributed by atoms with E-state index in [1.165, 1.54) is 20.9 Å². The van der Waals surface area contributed by atoms with Crippen LogP contribution in [0.5, 0.6) is 0 Å². The van der Waals surface area contributed by atoms with Crippen molar-refractivity contribution in [3.05, 3.63) is 99.6 Å². The van der Waals surface area contributed by atoms with Gasteiger partial charge in [0.1, 0.15) is 0 Å². The Hall–Kier alpha value is -3.51. The molecule has 150 valence electrons. The topological polar surface area (TPSA) is 66.9 Å². The fourth-order valence-corrected chi connectivity index (χ4v) is 3.88. The number of fused-ring (bicyclic) bond motifs is 2. The average molecular weight is 416 g/mol. The summed E-state index contributed by atoms with van der Waals surface area (Å²) in [4.78, 5) is 28.2. The first-order valence-corrected chi connectivity index (χ1v) is 10.1. The van der Waals surface area contributed by atoms with Crippen molar-refractivity contribution < 1.29 is 4.79 Å². The van der Waals surface area contributed by atoms with Crippen molar-refractivity contribution >= 4 is 39.8 Å². The highest BCUT2D eigenvalue weighted by Gasteiger charge is 2.10. The molecule has 4 rings (SSSR count). The molecule has 0 aliphatic rings.